The summed E-state index contributed by atoms with van der Waals surface area (Å²) in [5, 5.41) is 7.48. The Morgan fingerprint density at radius 2 is 1.97 bits per heavy atom. The predicted molar refractivity (Wildman–Crippen MR) is 109 cm³/mol. The highest BCUT2D eigenvalue weighted by atomic mass is 35.5. The average Bonchev–Trinajstić information content (AvgIpc) is 3.14. The van der Waals surface area contributed by atoms with Crippen LogP contribution < -0.4 is 5.32 Å². The quantitative estimate of drug-likeness (QED) is 0.624. The second kappa shape index (κ2) is 8.14. The van der Waals surface area contributed by atoms with E-state index in [1.54, 1.807) is 36.4 Å². The number of benzene rings is 2. The second-order valence-corrected chi connectivity index (χ2v) is 7.48. The van der Waals surface area contributed by atoms with Crippen molar-refractivity contribution in [2.75, 3.05) is 25.0 Å². The molecule has 1 saturated heterocycles. The summed E-state index contributed by atoms with van der Waals surface area (Å²) in [4.78, 5) is 30.0. The van der Waals surface area contributed by atoms with Gasteiger partial charge in [-0.2, -0.15) is 4.98 Å². The van der Waals surface area contributed by atoms with Crippen molar-refractivity contribution in [3.8, 4) is 11.4 Å². The fourth-order valence-electron chi connectivity index (χ4n) is 3.19. The van der Waals surface area contributed by atoms with Crippen molar-refractivity contribution in [1.29, 1.82) is 0 Å². The molecule has 0 spiro atoms. The van der Waals surface area contributed by atoms with Crippen LogP contribution in [0.25, 0.3) is 11.4 Å². The topological polar surface area (TPSA) is 88.3 Å². The molecule has 0 saturated carbocycles. The molecule has 1 fully saturated rings. The van der Waals surface area contributed by atoms with E-state index in [2.05, 4.69) is 15.5 Å². The lowest BCUT2D eigenvalue weighted by molar-refractivity contribution is -0.118. The smallest absolute Gasteiger partial charge is 0.238 e. The first-order valence-electron chi connectivity index (χ1n) is 9.20. The van der Waals surface area contributed by atoms with Crippen molar-refractivity contribution in [2.45, 2.75) is 12.8 Å². The third-order valence-electron chi connectivity index (χ3n) is 4.77. The van der Waals surface area contributed by atoms with Crippen LogP contribution >= 0.6 is 11.6 Å². The summed E-state index contributed by atoms with van der Waals surface area (Å²) < 4.78 is 5.38. The number of hydrogen-bond acceptors (Lipinski definition) is 6. The van der Waals surface area contributed by atoms with Crippen LogP contribution in [0.3, 0.4) is 0 Å². The van der Waals surface area contributed by atoms with Gasteiger partial charge in [0, 0.05) is 34.9 Å². The van der Waals surface area contributed by atoms with E-state index in [9.17, 15) is 9.59 Å². The van der Waals surface area contributed by atoms with Crippen molar-refractivity contribution in [2.24, 2.45) is 0 Å². The number of halogens is 1. The molecule has 1 N–H and O–H groups in total. The molecule has 1 aromatic heterocycles. The number of likely N-dealkylation sites (tertiary alicyclic amines) is 1. The van der Waals surface area contributed by atoms with E-state index < -0.39 is 0 Å². The molecule has 8 heteroatoms. The van der Waals surface area contributed by atoms with Gasteiger partial charge in [-0.05, 0) is 43.3 Å². The lowest BCUT2D eigenvalue weighted by atomic mass is 10.0. The maximum absolute atomic E-state index is 12.2. The van der Waals surface area contributed by atoms with Gasteiger partial charge >= 0.3 is 0 Å². The number of nitrogens with zero attached hydrogens (tertiary/aromatic N) is 3. The molecule has 0 aliphatic carbocycles. The first-order valence-corrected chi connectivity index (χ1v) is 9.58. The number of nitrogens with one attached hydrogen (secondary N) is 1. The Morgan fingerprint density at radius 1 is 1.21 bits per heavy atom. The molecule has 3 aromatic rings. The zero-order chi connectivity index (χ0) is 20.4. The zero-order valence-electron chi connectivity index (χ0n) is 15.8. The highest BCUT2D eigenvalue weighted by Crippen LogP contribution is 2.28. The fourth-order valence-corrected chi connectivity index (χ4v) is 3.38. The molecule has 1 aliphatic rings. The summed E-state index contributed by atoms with van der Waals surface area (Å²) in [5.41, 5.74) is 2.09. The average molecular weight is 411 g/mol. The lowest BCUT2D eigenvalue weighted by Gasteiger charge is -2.36. The van der Waals surface area contributed by atoms with Crippen LogP contribution in [0.1, 0.15) is 29.1 Å². The normalized spacial score (nSPS) is 14.4. The molecular formula is C21H19ClN4O3. The first kappa shape index (κ1) is 19.3. The molecule has 0 radical (unpaired) electrons. The number of amides is 1. The van der Waals surface area contributed by atoms with Gasteiger partial charge in [-0.3, -0.25) is 14.5 Å². The number of carbonyl (C=O) groups is 2. The van der Waals surface area contributed by atoms with Gasteiger partial charge in [0.2, 0.25) is 17.6 Å². The maximum atomic E-state index is 12.2. The van der Waals surface area contributed by atoms with Crippen molar-refractivity contribution in [3.05, 3.63) is 65.0 Å². The third-order valence-corrected chi connectivity index (χ3v) is 5.01. The van der Waals surface area contributed by atoms with E-state index >= 15 is 0 Å². The molecule has 148 valence electrons. The molecule has 7 nitrogen and oxygen atoms in total. The summed E-state index contributed by atoms with van der Waals surface area (Å²) in [6.07, 6.45) is 0. The Labute approximate surface area is 172 Å². The van der Waals surface area contributed by atoms with Crippen LogP contribution in [0, 0.1) is 0 Å². The summed E-state index contributed by atoms with van der Waals surface area (Å²) in [5.74, 6) is 1.07. The van der Waals surface area contributed by atoms with E-state index in [0.29, 0.717) is 41.1 Å². The Hall–Kier alpha value is -3.03. The predicted octanol–water partition coefficient (Wildman–Crippen LogP) is 3.63. The highest BCUT2D eigenvalue weighted by Gasteiger charge is 2.33. The standard InChI is InChI=1S/C21H19ClN4O3/c1-13(27)14-5-7-18(8-6-14)23-19(28)12-26-10-16(11-26)21-24-20(25-29-21)15-3-2-4-17(22)9-15/h2-9,16H,10-12H2,1H3,(H,23,28). The number of hydrogen-bond donors (Lipinski definition) is 1. The third kappa shape index (κ3) is 4.52. The van der Waals surface area contributed by atoms with E-state index in [0.717, 1.165) is 5.56 Å². The molecule has 1 aliphatic heterocycles. The van der Waals surface area contributed by atoms with Crippen LogP contribution in [0.4, 0.5) is 5.69 Å². The van der Waals surface area contributed by atoms with Crippen LogP contribution in [0.2, 0.25) is 5.02 Å². The van der Waals surface area contributed by atoms with Gasteiger partial charge in [0.1, 0.15) is 0 Å². The summed E-state index contributed by atoms with van der Waals surface area (Å²) >= 11 is 6.00. The Bertz CT molecular complexity index is 1040. The number of Topliss-reactive ketones (excluding diaryl/α,β-unsaturated/α-hetero) is 1. The molecule has 0 unspecified atom stereocenters. The van der Waals surface area contributed by atoms with Crippen LogP contribution in [0.15, 0.2) is 53.1 Å². The molecule has 0 atom stereocenters. The first-order chi connectivity index (χ1) is 14.0. The van der Waals surface area contributed by atoms with Gasteiger partial charge in [0.25, 0.3) is 0 Å². The van der Waals surface area contributed by atoms with Crippen LogP contribution in [-0.4, -0.2) is 46.4 Å². The Balaban J connectivity index is 1.28. The number of rotatable bonds is 6. The second-order valence-electron chi connectivity index (χ2n) is 7.04. The van der Waals surface area contributed by atoms with Gasteiger partial charge < -0.3 is 9.84 Å². The fraction of sp³-hybridized carbons (Fsp3) is 0.238. The Morgan fingerprint density at radius 3 is 2.66 bits per heavy atom. The number of carbonyl (C=O) groups excluding carboxylic acids is 2. The summed E-state index contributed by atoms with van der Waals surface area (Å²) in [7, 11) is 0. The minimum Gasteiger partial charge on any atom is -0.339 e. The molecule has 4 rings (SSSR count). The largest absolute Gasteiger partial charge is 0.339 e. The SMILES string of the molecule is CC(=O)c1ccc(NC(=O)CN2CC(c3nc(-c4cccc(Cl)c4)no3)C2)cc1. The summed E-state index contributed by atoms with van der Waals surface area (Å²) in [6.45, 7) is 3.14. The van der Waals surface area contributed by atoms with Crippen molar-refractivity contribution >= 4 is 29.0 Å². The van der Waals surface area contributed by atoms with E-state index in [1.807, 2.05) is 17.0 Å². The molecule has 29 heavy (non-hydrogen) atoms. The monoisotopic (exact) mass is 410 g/mol. The Kier molecular flexibility index (Phi) is 5.42. The van der Waals surface area contributed by atoms with Crippen LogP contribution in [0.5, 0.6) is 0 Å². The van der Waals surface area contributed by atoms with Crippen molar-refractivity contribution < 1.29 is 14.1 Å². The van der Waals surface area contributed by atoms with E-state index in [-0.39, 0.29) is 24.2 Å². The molecule has 1 amide bonds. The van der Waals surface area contributed by atoms with Crippen molar-refractivity contribution in [3.63, 3.8) is 0 Å². The van der Waals surface area contributed by atoms with E-state index in [4.69, 9.17) is 16.1 Å². The zero-order valence-corrected chi connectivity index (χ0v) is 16.5. The summed E-state index contributed by atoms with van der Waals surface area (Å²) in [6, 6.07) is 14.1. The lowest BCUT2D eigenvalue weighted by Crippen LogP contribution is -2.48. The molecule has 2 heterocycles. The highest BCUT2D eigenvalue weighted by molar-refractivity contribution is 6.30. The van der Waals surface area contributed by atoms with Crippen molar-refractivity contribution in [1.82, 2.24) is 15.0 Å². The molecule has 2 aromatic carbocycles. The van der Waals surface area contributed by atoms with Gasteiger partial charge in [-0.25, -0.2) is 0 Å². The minimum absolute atomic E-state index is 0.00552. The number of aromatic nitrogens is 2. The van der Waals surface area contributed by atoms with E-state index in [1.165, 1.54) is 6.92 Å². The number of ketones is 1. The van der Waals surface area contributed by atoms with Gasteiger partial charge in [-0.1, -0.05) is 28.9 Å². The minimum atomic E-state index is -0.107. The molecular weight excluding hydrogens is 392 g/mol. The van der Waals surface area contributed by atoms with Gasteiger partial charge in [0.05, 0.1) is 12.5 Å². The van der Waals surface area contributed by atoms with Gasteiger partial charge in [-0.15, -0.1) is 0 Å². The van der Waals surface area contributed by atoms with Crippen LogP contribution in [-0.2, 0) is 4.79 Å². The number of anilines is 1. The van der Waals surface area contributed by atoms with Gasteiger partial charge in [0.15, 0.2) is 5.78 Å². The maximum Gasteiger partial charge on any atom is 0.238 e. The molecule has 0 bridgehead atoms.